The van der Waals surface area contributed by atoms with Crippen LogP contribution in [-0.2, 0) is 6.18 Å². The van der Waals surface area contributed by atoms with E-state index in [0.717, 1.165) is 11.3 Å². The van der Waals surface area contributed by atoms with Crippen molar-refractivity contribution in [1.82, 2.24) is 4.98 Å². The van der Waals surface area contributed by atoms with Gasteiger partial charge in [-0.05, 0) is 24.3 Å². The number of nitrogens with zero attached hydrogens (tertiary/aromatic N) is 1. The largest absolute Gasteiger partial charge is 0.416 e. The van der Waals surface area contributed by atoms with Crippen LogP contribution in [-0.4, -0.2) is 10.9 Å². The number of hydrogen-bond acceptors (Lipinski definition) is 3. The van der Waals surface area contributed by atoms with E-state index >= 15 is 0 Å². The molecule has 3 rings (SSSR count). The minimum Gasteiger partial charge on any atom is -0.319 e. The molecular weight excluding hydrogens is 392 g/mol. The van der Waals surface area contributed by atoms with E-state index in [1.165, 1.54) is 6.20 Å². The van der Waals surface area contributed by atoms with Crippen molar-refractivity contribution in [2.45, 2.75) is 6.18 Å². The Bertz CT molecular complexity index is 971. The standard InChI is InChI=1S/C17H9ClF4N2OS/c18-11-4-2-1-3-10(11)16-23-8-14(26-16)15(25)24-13-7-9(17(20,21)22)5-6-12(13)19/h1-8H,(H,24,25). The highest BCUT2D eigenvalue weighted by atomic mass is 35.5. The quantitative estimate of drug-likeness (QED) is 0.558. The molecule has 0 aliphatic carbocycles. The van der Waals surface area contributed by atoms with Crippen LogP contribution in [0.3, 0.4) is 0 Å². The van der Waals surface area contributed by atoms with Crippen molar-refractivity contribution in [3.05, 3.63) is 69.9 Å². The summed E-state index contributed by atoms with van der Waals surface area (Å²) in [5.41, 5.74) is -1.00. The molecule has 1 N–H and O–H groups in total. The number of hydrogen-bond donors (Lipinski definition) is 1. The zero-order valence-corrected chi connectivity index (χ0v) is 14.3. The summed E-state index contributed by atoms with van der Waals surface area (Å²) in [5.74, 6) is -1.73. The first kappa shape index (κ1) is 18.3. The highest BCUT2D eigenvalue weighted by Gasteiger charge is 2.31. The van der Waals surface area contributed by atoms with Gasteiger partial charge in [-0.2, -0.15) is 13.2 Å². The monoisotopic (exact) mass is 400 g/mol. The van der Waals surface area contributed by atoms with Gasteiger partial charge >= 0.3 is 6.18 Å². The third kappa shape index (κ3) is 3.86. The maximum Gasteiger partial charge on any atom is 0.416 e. The minimum absolute atomic E-state index is 0.108. The molecule has 26 heavy (non-hydrogen) atoms. The highest BCUT2D eigenvalue weighted by molar-refractivity contribution is 7.17. The zero-order valence-electron chi connectivity index (χ0n) is 12.8. The van der Waals surface area contributed by atoms with Crippen LogP contribution in [0.4, 0.5) is 23.2 Å². The van der Waals surface area contributed by atoms with E-state index in [-0.39, 0.29) is 4.88 Å². The highest BCUT2D eigenvalue weighted by Crippen LogP contribution is 2.33. The van der Waals surface area contributed by atoms with E-state index in [1.54, 1.807) is 24.3 Å². The summed E-state index contributed by atoms with van der Waals surface area (Å²) in [7, 11) is 0. The second kappa shape index (κ2) is 7.05. The molecule has 1 heterocycles. The molecule has 1 amide bonds. The Morgan fingerprint density at radius 1 is 1.15 bits per heavy atom. The van der Waals surface area contributed by atoms with Gasteiger partial charge in [0.1, 0.15) is 15.7 Å². The van der Waals surface area contributed by atoms with Crippen LogP contribution >= 0.6 is 22.9 Å². The Kier molecular flexibility index (Phi) is 4.97. The average Bonchev–Trinajstić information content (AvgIpc) is 3.06. The molecule has 1 aromatic heterocycles. The number of thiazole rings is 1. The van der Waals surface area contributed by atoms with Crippen molar-refractivity contribution in [1.29, 1.82) is 0 Å². The molecule has 2 aromatic carbocycles. The topological polar surface area (TPSA) is 42.0 Å². The lowest BCUT2D eigenvalue weighted by Gasteiger charge is -2.10. The first-order chi connectivity index (χ1) is 12.3. The van der Waals surface area contributed by atoms with E-state index in [2.05, 4.69) is 10.3 Å². The molecular formula is C17H9ClF4N2OS. The lowest BCUT2D eigenvalue weighted by atomic mass is 10.2. The van der Waals surface area contributed by atoms with Crippen LogP contribution in [0.25, 0.3) is 10.6 Å². The molecule has 0 radical (unpaired) electrons. The number of carbonyl (C=O) groups excluding carboxylic acids is 1. The molecule has 9 heteroatoms. The number of rotatable bonds is 3. The lowest BCUT2D eigenvalue weighted by molar-refractivity contribution is -0.137. The fourth-order valence-corrected chi connectivity index (χ4v) is 3.25. The molecule has 3 nitrogen and oxygen atoms in total. The Hall–Kier alpha value is -2.45. The van der Waals surface area contributed by atoms with Gasteiger partial charge < -0.3 is 5.32 Å². The smallest absolute Gasteiger partial charge is 0.319 e. The van der Waals surface area contributed by atoms with E-state index in [0.29, 0.717) is 33.8 Å². The Balaban J connectivity index is 1.85. The van der Waals surface area contributed by atoms with Crippen molar-refractivity contribution in [3.8, 4) is 10.6 Å². The summed E-state index contributed by atoms with van der Waals surface area (Å²) in [5, 5.41) is 3.05. The summed E-state index contributed by atoms with van der Waals surface area (Å²) in [6.07, 6.45) is -3.39. The summed E-state index contributed by atoms with van der Waals surface area (Å²) in [6.45, 7) is 0. The first-order valence-corrected chi connectivity index (χ1v) is 8.34. The molecule has 0 atom stereocenters. The molecule has 0 saturated heterocycles. The molecule has 0 aliphatic rings. The van der Waals surface area contributed by atoms with Crippen LogP contribution in [0.2, 0.25) is 5.02 Å². The van der Waals surface area contributed by atoms with Gasteiger partial charge in [0.05, 0.1) is 22.5 Å². The van der Waals surface area contributed by atoms with E-state index in [4.69, 9.17) is 11.6 Å². The third-order valence-corrected chi connectivity index (χ3v) is 4.73. The van der Waals surface area contributed by atoms with Crippen LogP contribution in [0, 0.1) is 5.82 Å². The normalized spacial score (nSPS) is 11.4. The fourth-order valence-electron chi connectivity index (χ4n) is 2.12. The Labute approximate surface area is 154 Å². The third-order valence-electron chi connectivity index (χ3n) is 3.38. The second-order valence-corrected chi connectivity index (χ2v) is 6.59. The molecule has 0 unspecified atom stereocenters. The van der Waals surface area contributed by atoms with E-state index < -0.39 is 29.2 Å². The first-order valence-electron chi connectivity index (χ1n) is 7.14. The molecule has 0 saturated carbocycles. The average molecular weight is 401 g/mol. The molecule has 0 aliphatic heterocycles. The number of alkyl halides is 3. The molecule has 3 aromatic rings. The summed E-state index contributed by atoms with van der Waals surface area (Å²) in [4.78, 5) is 16.4. The van der Waals surface area contributed by atoms with Crippen LogP contribution in [0.1, 0.15) is 15.2 Å². The maximum absolute atomic E-state index is 13.7. The Morgan fingerprint density at radius 3 is 2.58 bits per heavy atom. The number of anilines is 1. The zero-order chi connectivity index (χ0) is 18.9. The lowest BCUT2D eigenvalue weighted by Crippen LogP contribution is -2.13. The van der Waals surface area contributed by atoms with Gasteiger partial charge in [0.15, 0.2) is 0 Å². The molecule has 0 spiro atoms. The minimum atomic E-state index is -4.64. The summed E-state index contributed by atoms with van der Waals surface area (Å²) in [6, 6.07) is 8.67. The number of nitrogens with one attached hydrogen (secondary N) is 1. The van der Waals surface area contributed by atoms with Crippen molar-refractivity contribution in [2.24, 2.45) is 0 Å². The van der Waals surface area contributed by atoms with Crippen LogP contribution < -0.4 is 5.32 Å². The van der Waals surface area contributed by atoms with Gasteiger partial charge in [-0.1, -0.05) is 29.8 Å². The van der Waals surface area contributed by atoms with E-state index in [9.17, 15) is 22.4 Å². The van der Waals surface area contributed by atoms with Crippen LogP contribution in [0.5, 0.6) is 0 Å². The Morgan fingerprint density at radius 2 is 1.88 bits per heavy atom. The van der Waals surface area contributed by atoms with Crippen molar-refractivity contribution in [3.63, 3.8) is 0 Å². The van der Waals surface area contributed by atoms with Crippen molar-refractivity contribution in [2.75, 3.05) is 5.32 Å². The van der Waals surface area contributed by atoms with Gasteiger partial charge in [-0.25, -0.2) is 9.37 Å². The number of carbonyl (C=O) groups is 1. The van der Waals surface area contributed by atoms with Gasteiger partial charge in [0.2, 0.25) is 0 Å². The van der Waals surface area contributed by atoms with Crippen molar-refractivity contribution < 1.29 is 22.4 Å². The number of halogens is 5. The molecule has 0 fully saturated rings. The van der Waals surface area contributed by atoms with Gasteiger partial charge in [-0.3, -0.25) is 4.79 Å². The van der Waals surface area contributed by atoms with Crippen LogP contribution in [0.15, 0.2) is 48.7 Å². The van der Waals surface area contributed by atoms with Crippen molar-refractivity contribution >= 4 is 34.5 Å². The van der Waals surface area contributed by atoms with Gasteiger partial charge in [0, 0.05) is 5.56 Å². The van der Waals surface area contributed by atoms with Gasteiger partial charge in [-0.15, -0.1) is 11.3 Å². The predicted molar refractivity (Wildman–Crippen MR) is 91.9 cm³/mol. The number of aromatic nitrogens is 1. The maximum atomic E-state index is 13.7. The second-order valence-electron chi connectivity index (χ2n) is 5.16. The van der Waals surface area contributed by atoms with E-state index in [1.807, 2.05) is 0 Å². The molecule has 0 bridgehead atoms. The summed E-state index contributed by atoms with van der Waals surface area (Å²) < 4.78 is 51.9. The van der Waals surface area contributed by atoms with Gasteiger partial charge in [0.25, 0.3) is 5.91 Å². The SMILES string of the molecule is O=C(Nc1cc(C(F)(F)F)ccc1F)c1cnc(-c2ccccc2Cl)s1. The number of benzene rings is 2. The number of amides is 1. The molecule has 134 valence electrons. The predicted octanol–water partition coefficient (Wildman–Crippen LogP) is 5.87. The summed E-state index contributed by atoms with van der Waals surface area (Å²) >= 11 is 7.06. The fraction of sp³-hybridized carbons (Fsp3) is 0.0588.